The largest absolute Gasteiger partial charge is 0.494 e. The number of hydrogen-bond acceptors (Lipinski definition) is 4. The van der Waals surface area contributed by atoms with Gasteiger partial charge in [0.1, 0.15) is 10.6 Å². The van der Waals surface area contributed by atoms with Crippen LogP contribution in [0.4, 0.5) is 5.69 Å². The average molecular weight is 296 g/mol. The van der Waals surface area contributed by atoms with Gasteiger partial charge in [0.25, 0.3) is 10.0 Å². The number of aliphatic hydroxyl groups is 1. The van der Waals surface area contributed by atoms with Gasteiger partial charge in [0.05, 0.1) is 18.9 Å². The minimum Gasteiger partial charge on any atom is -0.494 e. The minimum atomic E-state index is -3.68. The molecular formula is C13H16N2O4S. The van der Waals surface area contributed by atoms with Gasteiger partial charge in [-0.1, -0.05) is 6.07 Å². The van der Waals surface area contributed by atoms with E-state index in [1.807, 2.05) is 6.92 Å². The predicted octanol–water partition coefficient (Wildman–Crippen LogP) is 1.71. The summed E-state index contributed by atoms with van der Waals surface area (Å²) >= 11 is 0. The molecule has 0 spiro atoms. The van der Waals surface area contributed by atoms with E-state index in [2.05, 4.69) is 9.71 Å². The Morgan fingerprint density at radius 1 is 1.35 bits per heavy atom. The summed E-state index contributed by atoms with van der Waals surface area (Å²) in [5.74, 6) is 0.595. The van der Waals surface area contributed by atoms with Crippen molar-refractivity contribution in [2.45, 2.75) is 18.4 Å². The first-order chi connectivity index (χ1) is 9.55. The second kappa shape index (κ2) is 5.98. The number of rotatable bonds is 6. The molecule has 3 N–H and O–H groups in total. The van der Waals surface area contributed by atoms with Crippen molar-refractivity contribution in [1.29, 1.82) is 0 Å². The van der Waals surface area contributed by atoms with Crippen LogP contribution < -0.4 is 9.46 Å². The van der Waals surface area contributed by atoms with Crippen LogP contribution in [0.5, 0.6) is 5.75 Å². The molecule has 0 bridgehead atoms. The van der Waals surface area contributed by atoms with E-state index in [4.69, 9.17) is 9.84 Å². The normalized spacial score (nSPS) is 11.3. The zero-order valence-corrected chi connectivity index (χ0v) is 11.8. The van der Waals surface area contributed by atoms with Gasteiger partial charge in [0, 0.05) is 18.0 Å². The second-order valence-electron chi connectivity index (χ2n) is 4.09. The molecule has 1 aromatic heterocycles. The summed E-state index contributed by atoms with van der Waals surface area (Å²) in [6.07, 6.45) is 1.33. The number of nitrogens with one attached hydrogen (secondary N) is 2. The van der Waals surface area contributed by atoms with Crippen LogP contribution in [0.25, 0.3) is 0 Å². The summed E-state index contributed by atoms with van der Waals surface area (Å²) in [6.45, 7) is 2.12. The smallest absolute Gasteiger partial charge is 0.263 e. The van der Waals surface area contributed by atoms with Crippen LogP contribution in [-0.2, 0) is 16.6 Å². The van der Waals surface area contributed by atoms with Crippen molar-refractivity contribution in [2.24, 2.45) is 0 Å². The molecule has 0 unspecified atom stereocenters. The Kier molecular flexibility index (Phi) is 4.31. The third-order valence-electron chi connectivity index (χ3n) is 2.59. The average Bonchev–Trinajstić information content (AvgIpc) is 2.88. The maximum atomic E-state index is 12.1. The Hall–Kier alpha value is -1.99. The molecular weight excluding hydrogens is 280 g/mol. The van der Waals surface area contributed by atoms with Crippen molar-refractivity contribution < 1.29 is 18.3 Å². The van der Waals surface area contributed by atoms with Gasteiger partial charge in [-0.3, -0.25) is 4.72 Å². The third-order valence-corrected chi connectivity index (χ3v) is 3.95. The van der Waals surface area contributed by atoms with Crippen molar-refractivity contribution in [1.82, 2.24) is 4.98 Å². The van der Waals surface area contributed by atoms with Gasteiger partial charge in [-0.15, -0.1) is 0 Å². The lowest BCUT2D eigenvalue weighted by atomic mass is 10.3. The molecule has 108 valence electrons. The molecule has 20 heavy (non-hydrogen) atoms. The minimum absolute atomic E-state index is 0.0726. The Morgan fingerprint density at radius 3 is 2.80 bits per heavy atom. The monoisotopic (exact) mass is 296 g/mol. The van der Waals surface area contributed by atoms with Crippen LogP contribution in [0, 0.1) is 0 Å². The van der Waals surface area contributed by atoms with E-state index in [9.17, 15) is 8.42 Å². The number of aromatic nitrogens is 1. The highest BCUT2D eigenvalue weighted by Gasteiger charge is 2.16. The van der Waals surface area contributed by atoms with E-state index in [-0.39, 0.29) is 11.5 Å². The molecule has 0 saturated carbocycles. The fraction of sp³-hybridized carbons (Fsp3) is 0.231. The summed E-state index contributed by atoms with van der Waals surface area (Å²) in [6, 6.07) is 8.09. The first-order valence-corrected chi connectivity index (χ1v) is 7.57. The van der Waals surface area contributed by atoms with E-state index in [0.29, 0.717) is 23.7 Å². The van der Waals surface area contributed by atoms with Crippen molar-refractivity contribution in [3.63, 3.8) is 0 Å². The molecule has 2 rings (SSSR count). The highest BCUT2D eigenvalue weighted by Crippen LogP contribution is 2.21. The maximum absolute atomic E-state index is 12.1. The van der Waals surface area contributed by atoms with Gasteiger partial charge in [0.15, 0.2) is 0 Å². The zero-order chi connectivity index (χ0) is 14.6. The molecule has 0 radical (unpaired) electrons. The molecule has 0 aliphatic heterocycles. The number of benzene rings is 1. The quantitative estimate of drug-likeness (QED) is 0.756. The van der Waals surface area contributed by atoms with Gasteiger partial charge < -0.3 is 14.8 Å². The van der Waals surface area contributed by atoms with Gasteiger partial charge in [-0.25, -0.2) is 8.42 Å². The summed E-state index contributed by atoms with van der Waals surface area (Å²) in [4.78, 5) is 2.76. The lowest BCUT2D eigenvalue weighted by Crippen LogP contribution is -2.12. The van der Waals surface area contributed by atoms with Crippen LogP contribution in [0.15, 0.2) is 41.4 Å². The topological polar surface area (TPSA) is 91.4 Å². The molecule has 0 amide bonds. The van der Waals surface area contributed by atoms with E-state index in [1.54, 1.807) is 24.3 Å². The molecule has 0 atom stereocenters. The van der Waals surface area contributed by atoms with Gasteiger partial charge >= 0.3 is 0 Å². The number of anilines is 1. The first-order valence-electron chi connectivity index (χ1n) is 6.09. The van der Waals surface area contributed by atoms with Gasteiger partial charge in [0.2, 0.25) is 0 Å². The molecule has 0 aliphatic rings. The van der Waals surface area contributed by atoms with Crippen LogP contribution in [0.1, 0.15) is 12.6 Å². The Balaban J connectivity index is 2.21. The Morgan fingerprint density at radius 2 is 2.15 bits per heavy atom. The fourth-order valence-electron chi connectivity index (χ4n) is 1.70. The van der Waals surface area contributed by atoms with E-state index >= 15 is 0 Å². The number of hydrogen-bond donors (Lipinski definition) is 3. The zero-order valence-electron chi connectivity index (χ0n) is 11.0. The molecule has 2 aromatic rings. The first kappa shape index (κ1) is 14.4. The molecule has 0 fully saturated rings. The van der Waals surface area contributed by atoms with Gasteiger partial charge in [-0.05, 0) is 25.1 Å². The maximum Gasteiger partial charge on any atom is 0.263 e. The number of sulfonamides is 1. The number of H-pyrrole nitrogens is 1. The Labute approximate surface area is 117 Å². The van der Waals surface area contributed by atoms with E-state index in [0.717, 1.165) is 0 Å². The molecule has 0 saturated heterocycles. The standard InChI is InChI=1S/C13H16N2O4S/c1-2-19-12-5-3-4-10(6-12)15-20(17,18)13-7-11(9-16)14-8-13/h3-8,14-16H,2,9H2,1H3. The summed E-state index contributed by atoms with van der Waals surface area (Å²) in [5.41, 5.74) is 0.858. The number of aliphatic hydroxyl groups excluding tert-OH is 1. The Bertz CT molecular complexity index is 679. The van der Waals surface area contributed by atoms with Crippen molar-refractivity contribution in [3.05, 3.63) is 42.2 Å². The van der Waals surface area contributed by atoms with Crippen molar-refractivity contribution in [3.8, 4) is 5.75 Å². The number of aromatic amines is 1. The number of ether oxygens (including phenoxy) is 1. The second-order valence-corrected chi connectivity index (χ2v) is 5.77. The van der Waals surface area contributed by atoms with E-state index < -0.39 is 10.0 Å². The van der Waals surface area contributed by atoms with Crippen LogP contribution in [0.2, 0.25) is 0 Å². The molecule has 0 aliphatic carbocycles. The lowest BCUT2D eigenvalue weighted by molar-refractivity contribution is 0.277. The van der Waals surface area contributed by atoms with Crippen molar-refractivity contribution >= 4 is 15.7 Å². The summed E-state index contributed by atoms with van der Waals surface area (Å²) in [5, 5.41) is 8.94. The molecule has 1 heterocycles. The SMILES string of the molecule is CCOc1cccc(NS(=O)(=O)c2c[nH]c(CO)c2)c1. The summed E-state index contributed by atoms with van der Waals surface area (Å²) in [7, 11) is -3.68. The van der Waals surface area contributed by atoms with E-state index in [1.165, 1.54) is 12.3 Å². The highest BCUT2D eigenvalue weighted by molar-refractivity contribution is 7.92. The lowest BCUT2D eigenvalue weighted by Gasteiger charge is -2.08. The molecule has 7 heteroatoms. The van der Waals surface area contributed by atoms with Crippen LogP contribution in [0.3, 0.4) is 0 Å². The molecule has 1 aromatic carbocycles. The van der Waals surface area contributed by atoms with Crippen LogP contribution in [-0.4, -0.2) is 25.1 Å². The molecule has 6 nitrogen and oxygen atoms in total. The fourth-order valence-corrected chi connectivity index (χ4v) is 2.76. The predicted molar refractivity (Wildman–Crippen MR) is 75.1 cm³/mol. The van der Waals surface area contributed by atoms with Gasteiger partial charge in [-0.2, -0.15) is 0 Å². The van der Waals surface area contributed by atoms with Crippen molar-refractivity contribution in [2.75, 3.05) is 11.3 Å². The third kappa shape index (κ3) is 3.31. The summed E-state index contributed by atoms with van der Waals surface area (Å²) < 4.78 is 32.1. The highest BCUT2D eigenvalue weighted by atomic mass is 32.2. The van der Waals surface area contributed by atoms with Crippen LogP contribution >= 0.6 is 0 Å².